The highest BCUT2D eigenvalue weighted by Gasteiger charge is 2.40. The van der Waals surface area contributed by atoms with Crippen molar-refractivity contribution in [1.29, 1.82) is 0 Å². The maximum absolute atomic E-state index is 13.6. The van der Waals surface area contributed by atoms with Crippen molar-refractivity contribution < 1.29 is 23.9 Å². The molecule has 1 saturated heterocycles. The summed E-state index contributed by atoms with van der Waals surface area (Å²) < 4.78 is 10.7. The van der Waals surface area contributed by atoms with Crippen molar-refractivity contribution in [1.82, 2.24) is 10.2 Å². The van der Waals surface area contributed by atoms with Crippen LogP contribution in [-0.4, -0.2) is 54.5 Å². The van der Waals surface area contributed by atoms with Gasteiger partial charge in [0.25, 0.3) is 0 Å². The Hall–Kier alpha value is -3.39. The van der Waals surface area contributed by atoms with E-state index in [0.29, 0.717) is 32.2 Å². The highest BCUT2D eigenvalue weighted by molar-refractivity contribution is 5.92. The molecular weight excluding hydrogens is 458 g/mol. The molecule has 1 aliphatic heterocycles. The lowest BCUT2D eigenvalue weighted by molar-refractivity contribution is -0.155. The maximum Gasteiger partial charge on any atom is 0.329 e. The Labute approximate surface area is 213 Å². The van der Waals surface area contributed by atoms with Crippen molar-refractivity contribution in [2.45, 2.75) is 64.3 Å². The number of ether oxygens (including phenoxy) is 2. The lowest BCUT2D eigenvalue weighted by Crippen LogP contribution is -2.57. The van der Waals surface area contributed by atoms with Gasteiger partial charge in [-0.1, -0.05) is 62.7 Å². The van der Waals surface area contributed by atoms with Gasteiger partial charge in [0.05, 0.1) is 13.2 Å². The lowest BCUT2D eigenvalue weighted by atomic mass is 9.96. The number of nitrogens with zero attached hydrogens (tertiary/aromatic N) is 1. The molecule has 0 spiro atoms. The summed E-state index contributed by atoms with van der Waals surface area (Å²) in [4.78, 5) is 40.9. The van der Waals surface area contributed by atoms with E-state index in [9.17, 15) is 14.4 Å². The predicted molar refractivity (Wildman–Crippen MR) is 137 cm³/mol. The number of nitrogens with two attached hydrogens (primary N) is 1. The average Bonchev–Trinajstić information content (AvgIpc) is 3.40. The second-order valence-electron chi connectivity index (χ2n) is 9.31. The van der Waals surface area contributed by atoms with Crippen LogP contribution in [0.1, 0.15) is 44.2 Å². The molecule has 2 aromatic rings. The molecule has 2 amide bonds. The maximum atomic E-state index is 13.6. The van der Waals surface area contributed by atoms with Crippen LogP contribution < -0.4 is 15.8 Å². The van der Waals surface area contributed by atoms with Crippen LogP contribution in [0.3, 0.4) is 0 Å². The minimum absolute atomic E-state index is 0.128. The molecule has 4 atom stereocenters. The van der Waals surface area contributed by atoms with Gasteiger partial charge in [0.2, 0.25) is 11.8 Å². The number of methoxy groups -OCH3 is 1. The SMILES string of the molecule is CC[C@H](C)[C@H](NC(=O)[C@H](N)Cc1ccc(OC)cc1)C(=O)N1CCC[C@@H]1C(=O)OCc1ccccc1. The van der Waals surface area contributed by atoms with Gasteiger partial charge in [-0.3, -0.25) is 9.59 Å². The molecule has 0 aromatic heterocycles. The number of carbonyl (C=O) groups is 3. The normalized spacial score (nSPS) is 17.7. The molecule has 3 N–H and O–H groups in total. The third-order valence-electron chi connectivity index (χ3n) is 6.76. The topological polar surface area (TPSA) is 111 Å². The molecule has 0 unspecified atom stereocenters. The van der Waals surface area contributed by atoms with Crippen molar-refractivity contribution in [2.24, 2.45) is 11.7 Å². The van der Waals surface area contributed by atoms with Gasteiger partial charge in [0.15, 0.2) is 0 Å². The van der Waals surface area contributed by atoms with Crippen LogP contribution in [0.4, 0.5) is 0 Å². The van der Waals surface area contributed by atoms with Crippen LogP contribution in [-0.2, 0) is 32.1 Å². The summed E-state index contributed by atoms with van der Waals surface area (Å²) in [7, 11) is 1.59. The molecule has 2 aromatic carbocycles. The summed E-state index contributed by atoms with van der Waals surface area (Å²) in [5, 5.41) is 2.87. The molecule has 8 heteroatoms. The van der Waals surface area contributed by atoms with E-state index < -0.39 is 30.0 Å². The number of carbonyl (C=O) groups excluding carboxylic acids is 3. The zero-order valence-corrected chi connectivity index (χ0v) is 21.3. The van der Waals surface area contributed by atoms with Crippen molar-refractivity contribution >= 4 is 17.8 Å². The van der Waals surface area contributed by atoms with Crippen LogP contribution in [0.25, 0.3) is 0 Å². The van der Waals surface area contributed by atoms with Crippen molar-refractivity contribution in [3.05, 3.63) is 65.7 Å². The van der Waals surface area contributed by atoms with Crippen LogP contribution in [0, 0.1) is 5.92 Å². The van der Waals surface area contributed by atoms with Crippen LogP contribution in [0.15, 0.2) is 54.6 Å². The Kier molecular flexibility index (Phi) is 9.87. The van der Waals surface area contributed by atoms with Gasteiger partial charge in [-0.05, 0) is 48.4 Å². The highest BCUT2D eigenvalue weighted by Crippen LogP contribution is 2.23. The number of esters is 1. The summed E-state index contributed by atoms with van der Waals surface area (Å²) in [6.07, 6.45) is 2.25. The fourth-order valence-electron chi connectivity index (χ4n) is 4.33. The Morgan fingerprint density at radius 2 is 1.78 bits per heavy atom. The molecule has 194 valence electrons. The van der Waals surface area contributed by atoms with E-state index in [1.165, 1.54) is 0 Å². The van der Waals surface area contributed by atoms with Gasteiger partial charge in [0.1, 0.15) is 24.4 Å². The number of likely N-dealkylation sites (tertiary alicyclic amines) is 1. The highest BCUT2D eigenvalue weighted by atomic mass is 16.5. The van der Waals surface area contributed by atoms with Gasteiger partial charge >= 0.3 is 5.97 Å². The van der Waals surface area contributed by atoms with Gasteiger partial charge in [-0.25, -0.2) is 4.79 Å². The van der Waals surface area contributed by atoms with E-state index in [1.54, 1.807) is 12.0 Å². The lowest BCUT2D eigenvalue weighted by Gasteiger charge is -2.31. The first-order valence-electron chi connectivity index (χ1n) is 12.5. The smallest absolute Gasteiger partial charge is 0.329 e. The summed E-state index contributed by atoms with van der Waals surface area (Å²) in [6.45, 7) is 4.48. The zero-order chi connectivity index (χ0) is 26.1. The second kappa shape index (κ2) is 13.1. The fraction of sp³-hybridized carbons (Fsp3) is 0.464. The summed E-state index contributed by atoms with van der Waals surface area (Å²) in [5.74, 6) is -0.492. The number of nitrogens with one attached hydrogen (secondary N) is 1. The third kappa shape index (κ3) is 7.07. The molecule has 1 fully saturated rings. The van der Waals surface area contributed by atoms with Crippen molar-refractivity contribution in [3.63, 3.8) is 0 Å². The van der Waals surface area contributed by atoms with E-state index in [0.717, 1.165) is 16.9 Å². The molecule has 3 rings (SSSR count). The second-order valence-corrected chi connectivity index (χ2v) is 9.31. The van der Waals surface area contributed by atoms with E-state index in [2.05, 4.69) is 5.32 Å². The Morgan fingerprint density at radius 1 is 1.08 bits per heavy atom. The third-order valence-corrected chi connectivity index (χ3v) is 6.76. The molecule has 0 bridgehead atoms. The van der Waals surface area contributed by atoms with E-state index in [-0.39, 0.29) is 18.4 Å². The molecule has 8 nitrogen and oxygen atoms in total. The standard InChI is InChI=1S/C28H37N3O5/c1-4-19(2)25(30-26(32)23(29)17-20-12-14-22(35-3)15-13-20)27(33)31-16-8-11-24(31)28(34)36-18-21-9-6-5-7-10-21/h5-7,9-10,12-15,19,23-25H,4,8,11,16-18,29H2,1-3H3,(H,30,32)/t19-,23+,24+,25-/m0/s1. The largest absolute Gasteiger partial charge is 0.497 e. The van der Waals surface area contributed by atoms with Crippen molar-refractivity contribution in [2.75, 3.05) is 13.7 Å². The minimum Gasteiger partial charge on any atom is -0.497 e. The quantitative estimate of drug-likeness (QED) is 0.464. The molecule has 0 saturated carbocycles. The number of rotatable bonds is 11. The number of hydrogen-bond donors (Lipinski definition) is 2. The summed E-state index contributed by atoms with van der Waals surface area (Å²) in [5.41, 5.74) is 7.97. The molecule has 1 aliphatic rings. The van der Waals surface area contributed by atoms with Crippen LogP contribution in [0.5, 0.6) is 5.75 Å². The van der Waals surface area contributed by atoms with Crippen LogP contribution in [0.2, 0.25) is 0 Å². The average molecular weight is 496 g/mol. The zero-order valence-electron chi connectivity index (χ0n) is 21.3. The van der Waals surface area contributed by atoms with Gasteiger partial charge in [0, 0.05) is 6.54 Å². The van der Waals surface area contributed by atoms with Crippen LogP contribution >= 0.6 is 0 Å². The van der Waals surface area contributed by atoms with Gasteiger partial charge in [-0.15, -0.1) is 0 Å². The molecule has 1 heterocycles. The number of amides is 2. The summed E-state index contributed by atoms with van der Waals surface area (Å²) in [6, 6.07) is 14.5. The molecule has 0 radical (unpaired) electrons. The van der Waals surface area contributed by atoms with Gasteiger partial charge < -0.3 is 25.4 Å². The predicted octanol–water partition coefficient (Wildman–Crippen LogP) is 2.83. The Balaban J connectivity index is 1.63. The minimum atomic E-state index is -0.817. The van der Waals surface area contributed by atoms with E-state index in [4.69, 9.17) is 15.2 Å². The van der Waals surface area contributed by atoms with Crippen molar-refractivity contribution in [3.8, 4) is 5.75 Å². The first kappa shape index (κ1) is 27.2. The first-order valence-corrected chi connectivity index (χ1v) is 12.5. The fourth-order valence-corrected chi connectivity index (χ4v) is 4.33. The van der Waals surface area contributed by atoms with Gasteiger partial charge in [-0.2, -0.15) is 0 Å². The number of hydrogen-bond acceptors (Lipinski definition) is 6. The molecule has 0 aliphatic carbocycles. The van der Waals surface area contributed by atoms with E-state index >= 15 is 0 Å². The van der Waals surface area contributed by atoms with E-state index in [1.807, 2.05) is 68.4 Å². The summed E-state index contributed by atoms with van der Waals surface area (Å²) >= 11 is 0. The first-order chi connectivity index (χ1) is 17.3. The Bertz CT molecular complexity index is 1010. The monoisotopic (exact) mass is 495 g/mol. The molecular formula is C28H37N3O5. The molecule has 36 heavy (non-hydrogen) atoms. The Morgan fingerprint density at radius 3 is 2.42 bits per heavy atom. The number of benzene rings is 2.